The Morgan fingerprint density at radius 3 is 1.19 bits per heavy atom. The van der Waals surface area contributed by atoms with Crippen LogP contribution in [-0.4, -0.2) is 39.7 Å². The van der Waals surface area contributed by atoms with Crippen molar-refractivity contribution < 1.29 is 43.2 Å². The predicted octanol–water partition coefficient (Wildman–Crippen LogP) is 4.63. The molecular formula is C34H28F6N8O4S2. The van der Waals surface area contributed by atoms with E-state index in [-0.39, 0.29) is 45.1 Å². The zero-order valence-electron chi connectivity index (χ0n) is 27.4. The van der Waals surface area contributed by atoms with Crippen molar-refractivity contribution in [2.24, 2.45) is 32.2 Å². The van der Waals surface area contributed by atoms with E-state index in [4.69, 9.17) is 32.8 Å². The number of fused-ring (bicyclic) bond motifs is 2. The van der Waals surface area contributed by atoms with Crippen LogP contribution in [0.5, 0.6) is 0 Å². The maximum absolute atomic E-state index is 15.1. The summed E-state index contributed by atoms with van der Waals surface area (Å²) in [6.07, 6.45) is -12.4. The van der Waals surface area contributed by atoms with Crippen molar-refractivity contribution in [3.8, 4) is 11.1 Å². The van der Waals surface area contributed by atoms with Crippen molar-refractivity contribution in [3.05, 3.63) is 129 Å². The summed E-state index contributed by atoms with van der Waals surface area (Å²) in [4.78, 5) is 0. The fourth-order valence-corrected chi connectivity index (χ4v) is 10.0. The second-order valence-corrected chi connectivity index (χ2v) is 16.2. The topological polar surface area (TPSA) is 245 Å². The Balaban J connectivity index is 1.65. The molecule has 0 aromatic heterocycles. The Kier molecular flexibility index (Phi) is 8.91. The number of hydrazone groups is 2. The van der Waals surface area contributed by atoms with Gasteiger partial charge in [-0.1, -0.05) is 72.8 Å². The molecule has 54 heavy (non-hydrogen) atoms. The number of benzene rings is 4. The van der Waals surface area contributed by atoms with Gasteiger partial charge in [0.25, 0.3) is 0 Å². The summed E-state index contributed by atoms with van der Waals surface area (Å²) >= 11 is 0. The lowest BCUT2D eigenvalue weighted by molar-refractivity contribution is -0.139. The summed E-state index contributed by atoms with van der Waals surface area (Å²) < 4.78 is 139. The molecule has 0 saturated heterocycles. The molecule has 4 aromatic rings. The molecule has 0 saturated carbocycles. The molecule has 0 amide bonds. The molecule has 2 unspecified atom stereocenters. The van der Waals surface area contributed by atoms with Gasteiger partial charge in [0.2, 0.25) is 20.0 Å². The van der Waals surface area contributed by atoms with Gasteiger partial charge in [0.05, 0.1) is 34.0 Å². The van der Waals surface area contributed by atoms with E-state index in [0.29, 0.717) is 12.1 Å². The van der Waals surface area contributed by atoms with E-state index < -0.39 is 88.1 Å². The minimum absolute atomic E-state index is 0.115. The number of halogens is 6. The van der Waals surface area contributed by atoms with Crippen molar-refractivity contribution in [1.82, 2.24) is 0 Å². The standard InChI is InChI=1S/C34H28F6N8O4S2/c35-33(36,37)25-13-17(9-11-23(25)31(53(45,49)50)15-27(47-43)29(41)19-5-1-3-7-21(19)31)18-10-12-24(26(14-18)34(38,39)40)32(54(46,51)52)16-28(48-44)30(42)20-6-2-4-8-22(20)32/h1-14,41-42H,15-16,43-44H2,(H2,45,49,50)(H2,46,51,52)/b41-29?,42-30?,47-27-,48-28-. The number of sulfonamides is 2. The van der Waals surface area contributed by atoms with Crippen LogP contribution >= 0.6 is 0 Å². The van der Waals surface area contributed by atoms with Gasteiger partial charge in [-0.25, -0.2) is 27.1 Å². The highest BCUT2D eigenvalue weighted by Gasteiger charge is 2.56. The van der Waals surface area contributed by atoms with Crippen molar-refractivity contribution >= 4 is 42.9 Å². The van der Waals surface area contributed by atoms with Gasteiger partial charge >= 0.3 is 12.4 Å². The van der Waals surface area contributed by atoms with Gasteiger partial charge in [0.15, 0.2) is 0 Å². The van der Waals surface area contributed by atoms with Crippen molar-refractivity contribution in [2.75, 3.05) is 0 Å². The first-order valence-electron chi connectivity index (χ1n) is 15.4. The highest BCUT2D eigenvalue weighted by Crippen LogP contribution is 2.52. The first-order valence-corrected chi connectivity index (χ1v) is 18.5. The SMILES string of the molecule is N=C1/C(=N\N)CC(c2ccc(-c3ccc(C4(S(N)(=O)=O)C/C(=N/N)C(=N)c5ccccc54)c(C(F)(F)F)c3)cc2C(F)(F)F)(S(N)(=O)=O)c2ccccc21. The summed E-state index contributed by atoms with van der Waals surface area (Å²) in [5.41, 5.74) is -8.17. The number of hydrogen-bond donors (Lipinski definition) is 6. The molecule has 0 heterocycles. The quantitative estimate of drug-likeness (QED) is 0.0956. The van der Waals surface area contributed by atoms with E-state index in [0.717, 1.165) is 24.3 Å². The molecule has 282 valence electrons. The highest BCUT2D eigenvalue weighted by molar-refractivity contribution is 7.90. The molecule has 10 N–H and O–H groups in total. The van der Waals surface area contributed by atoms with Gasteiger partial charge in [-0.05, 0) is 45.5 Å². The van der Waals surface area contributed by atoms with Crippen LogP contribution < -0.4 is 22.0 Å². The minimum atomic E-state index is -5.33. The zero-order valence-corrected chi connectivity index (χ0v) is 29.1. The second-order valence-electron chi connectivity index (χ2n) is 12.6. The number of alkyl halides is 6. The van der Waals surface area contributed by atoms with E-state index in [1.807, 2.05) is 0 Å². The Labute approximate surface area is 303 Å². The molecular weight excluding hydrogens is 763 g/mol. The van der Waals surface area contributed by atoms with Gasteiger partial charge < -0.3 is 11.7 Å². The molecule has 0 radical (unpaired) electrons. The second kappa shape index (κ2) is 12.6. The summed E-state index contributed by atoms with van der Waals surface area (Å²) in [6.45, 7) is 0. The molecule has 2 atom stereocenters. The van der Waals surface area contributed by atoms with Crippen molar-refractivity contribution in [3.63, 3.8) is 0 Å². The van der Waals surface area contributed by atoms with Gasteiger partial charge in [-0.3, -0.25) is 10.8 Å². The van der Waals surface area contributed by atoms with Crippen molar-refractivity contribution in [2.45, 2.75) is 34.7 Å². The van der Waals surface area contributed by atoms with Crippen LogP contribution in [0, 0.1) is 10.8 Å². The van der Waals surface area contributed by atoms with Crippen LogP contribution in [0.25, 0.3) is 11.1 Å². The number of primary sulfonamides is 2. The first-order chi connectivity index (χ1) is 25.0. The summed E-state index contributed by atoms with van der Waals surface area (Å²) in [6, 6.07) is 14.8. The lowest BCUT2D eigenvalue weighted by atomic mass is 9.74. The monoisotopic (exact) mass is 790 g/mol. The Morgan fingerprint density at radius 2 is 0.889 bits per heavy atom. The third-order valence-electron chi connectivity index (χ3n) is 9.81. The van der Waals surface area contributed by atoms with E-state index in [9.17, 15) is 16.8 Å². The van der Waals surface area contributed by atoms with Crippen LogP contribution in [0.15, 0.2) is 95.1 Å². The van der Waals surface area contributed by atoms with Gasteiger partial charge in [0, 0.05) is 24.0 Å². The van der Waals surface area contributed by atoms with Crippen LogP contribution in [0.3, 0.4) is 0 Å². The van der Waals surface area contributed by atoms with Crippen LogP contribution in [-0.2, 0) is 41.9 Å². The maximum Gasteiger partial charge on any atom is 0.416 e. The smallest absolute Gasteiger partial charge is 0.323 e. The van der Waals surface area contributed by atoms with Gasteiger partial charge in [-0.15, -0.1) is 0 Å². The Morgan fingerprint density at radius 1 is 0.556 bits per heavy atom. The van der Waals surface area contributed by atoms with Gasteiger partial charge in [0.1, 0.15) is 9.49 Å². The van der Waals surface area contributed by atoms with Gasteiger partial charge in [-0.2, -0.15) is 36.5 Å². The largest absolute Gasteiger partial charge is 0.416 e. The minimum Gasteiger partial charge on any atom is -0.323 e. The fourth-order valence-electron chi connectivity index (χ4n) is 7.39. The lowest BCUT2D eigenvalue weighted by Crippen LogP contribution is -2.49. The fraction of sp³-hybridized carbons (Fsp3) is 0.176. The normalized spacial score (nSPS) is 22.3. The Hall–Kier alpha value is -5.44. The molecule has 0 aliphatic heterocycles. The van der Waals surface area contributed by atoms with Crippen LogP contribution in [0.1, 0.15) is 57.3 Å². The third kappa shape index (κ3) is 5.67. The summed E-state index contributed by atoms with van der Waals surface area (Å²) in [5, 5.41) is 35.2. The number of hydrogen-bond acceptors (Lipinski definition) is 10. The Bertz CT molecular complexity index is 2400. The average Bonchev–Trinajstić information content (AvgIpc) is 3.10. The summed E-state index contributed by atoms with van der Waals surface area (Å²) in [5.74, 6) is 10.9. The molecule has 0 bridgehead atoms. The zero-order chi connectivity index (χ0) is 39.8. The number of nitrogens with one attached hydrogen (secondary N) is 2. The molecule has 12 nitrogen and oxygen atoms in total. The van der Waals surface area contributed by atoms with E-state index >= 15 is 26.3 Å². The lowest BCUT2D eigenvalue weighted by Gasteiger charge is -2.39. The molecule has 2 aliphatic rings. The molecule has 0 fully saturated rings. The van der Waals surface area contributed by atoms with E-state index in [1.165, 1.54) is 48.5 Å². The third-order valence-corrected chi connectivity index (χ3v) is 12.9. The average molecular weight is 791 g/mol. The summed E-state index contributed by atoms with van der Waals surface area (Å²) in [7, 11) is -10.1. The molecule has 6 rings (SSSR count). The van der Waals surface area contributed by atoms with E-state index in [2.05, 4.69) is 10.2 Å². The molecule has 20 heteroatoms. The van der Waals surface area contributed by atoms with Crippen LogP contribution in [0.4, 0.5) is 26.3 Å². The predicted molar refractivity (Wildman–Crippen MR) is 189 cm³/mol. The molecule has 0 spiro atoms. The maximum atomic E-state index is 15.1. The molecule has 2 aliphatic carbocycles. The first kappa shape index (κ1) is 38.3. The number of rotatable bonds is 5. The van der Waals surface area contributed by atoms with Crippen LogP contribution in [0.2, 0.25) is 0 Å². The number of nitrogens with two attached hydrogens (primary N) is 4. The number of nitrogens with zero attached hydrogens (tertiary/aromatic N) is 2. The van der Waals surface area contributed by atoms with E-state index in [1.54, 1.807) is 0 Å². The highest BCUT2D eigenvalue weighted by atomic mass is 32.2. The van der Waals surface area contributed by atoms with Crippen molar-refractivity contribution in [1.29, 1.82) is 10.8 Å². The molecule has 4 aromatic carbocycles.